The minimum Gasteiger partial charge on any atom is -0.457 e. The van der Waals surface area contributed by atoms with E-state index in [1.54, 1.807) is 11.1 Å². The van der Waals surface area contributed by atoms with Gasteiger partial charge >= 0.3 is 12.1 Å². The Morgan fingerprint density at radius 3 is 2.67 bits per heavy atom. The van der Waals surface area contributed by atoms with Gasteiger partial charge in [0.1, 0.15) is 12.2 Å². The fourth-order valence-electron chi connectivity index (χ4n) is 5.28. The number of carbonyl (C=O) groups is 2. The van der Waals surface area contributed by atoms with Crippen molar-refractivity contribution < 1.29 is 24.2 Å². The van der Waals surface area contributed by atoms with Gasteiger partial charge in [0, 0.05) is 37.5 Å². The number of aryl methyl sites for hydroxylation is 1. The molecule has 1 fully saturated rings. The van der Waals surface area contributed by atoms with Crippen LogP contribution in [0.5, 0.6) is 0 Å². The highest BCUT2D eigenvalue weighted by Crippen LogP contribution is 2.28. The Morgan fingerprint density at radius 1 is 1.18 bits per heavy atom. The molecular weight excluding hydrogens is 496 g/mol. The second kappa shape index (κ2) is 12.8. The second-order valence-electron chi connectivity index (χ2n) is 11.2. The summed E-state index contributed by atoms with van der Waals surface area (Å²) in [4.78, 5) is 29.7. The fraction of sp³-hybridized carbons (Fsp3) is 0.567. The minimum atomic E-state index is -0.819. The van der Waals surface area contributed by atoms with E-state index in [1.165, 1.54) is 0 Å². The van der Waals surface area contributed by atoms with Gasteiger partial charge in [-0.2, -0.15) is 5.10 Å². The van der Waals surface area contributed by atoms with Crippen LogP contribution in [0.1, 0.15) is 51.2 Å². The zero-order chi connectivity index (χ0) is 28.1. The fourth-order valence-corrected chi connectivity index (χ4v) is 5.28. The number of benzene rings is 1. The molecule has 5 atom stereocenters. The van der Waals surface area contributed by atoms with E-state index in [-0.39, 0.29) is 24.3 Å². The summed E-state index contributed by atoms with van der Waals surface area (Å²) in [5.41, 5.74) is 3.93. The molecule has 0 unspecified atom stereocenters. The molecule has 2 aromatic rings. The summed E-state index contributed by atoms with van der Waals surface area (Å²) < 4.78 is 11.9. The molecular formula is C30H42N4O5. The molecule has 1 saturated heterocycles. The highest BCUT2D eigenvalue weighted by atomic mass is 16.6. The Labute approximate surface area is 230 Å². The minimum absolute atomic E-state index is 0.0213. The number of H-pyrrole nitrogens is 1. The molecule has 2 N–H and O–H groups in total. The van der Waals surface area contributed by atoms with Crippen molar-refractivity contribution in [2.24, 2.45) is 11.8 Å². The van der Waals surface area contributed by atoms with Crippen LogP contribution in [-0.4, -0.2) is 88.7 Å². The van der Waals surface area contributed by atoms with Crippen LogP contribution in [-0.2, 0) is 14.3 Å². The maximum Gasteiger partial charge on any atom is 0.410 e. The molecule has 1 aromatic carbocycles. The van der Waals surface area contributed by atoms with Crippen molar-refractivity contribution in [3.63, 3.8) is 0 Å². The third-order valence-corrected chi connectivity index (χ3v) is 7.95. The van der Waals surface area contributed by atoms with E-state index < -0.39 is 24.3 Å². The number of likely N-dealkylation sites (N-methyl/N-ethyl adjacent to an activating group) is 1. The van der Waals surface area contributed by atoms with Gasteiger partial charge in [0.2, 0.25) is 0 Å². The molecule has 0 aliphatic carbocycles. The standard InChI is InChI=1S/C30H42N4O5/c1-19-7-10-24(35)17-27(36)39-29(22(4)16-23-9-6-20(2)28-25(23)18-31-32-28)21(3)8-11-26(19)38-30(37)34-14-12-33(5)13-15-34/h6,8-9,11,16,18-19,21,24,26,29,35H,7,10,12-15,17H2,1-5H3,(H,31,32)/b11-8+,22-16+/t19-,21-,24+,26+,29-/m0/s1. The number of aromatic nitrogens is 2. The van der Waals surface area contributed by atoms with Gasteiger partial charge in [-0.3, -0.25) is 9.89 Å². The lowest BCUT2D eigenvalue weighted by atomic mass is 9.91. The second-order valence-corrected chi connectivity index (χ2v) is 11.2. The quantitative estimate of drug-likeness (QED) is 0.443. The molecule has 2 aliphatic rings. The van der Waals surface area contributed by atoms with Crippen molar-refractivity contribution in [2.75, 3.05) is 33.2 Å². The lowest BCUT2D eigenvalue weighted by Gasteiger charge is -2.33. The molecule has 212 valence electrons. The van der Waals surface area contributed by atoms with Crippen LogP contribution in [0.3, 0.4) is 0 Å². The molecule has 3 heterocycles. The summed E-state index contributed by atoms with van der Waals surface area (Å²) in [5, 5.41) is 18.8. The number of aliphatic hydroxyl groups excluding tert-OH is 1. The van der Waals surface area contributed by atoms with Crippen molar-refractivity contribution in [2.45, 2.75) is 65.3 Å². The lowest BCUT2D eigenvalue weighted by Crippen LogP contribution is -2.48. The van der Waals surface area contributed by atoms with Crippen LogP contribution < -0.4 is 0 Å². The van der Waals surface area contributed by atoms with Crippen LogP contribution in [0.25, 0.3) is 17.0 Å². The van der Waals surface area contributed by atoms with Crippen LogP contribution in [0, 0.1) is 18.8 Å². The molecule has 4 rings (SSSR count). The summed E-state index contributed by atoms with van der Waals surface area (Å²) in [7, 11) is 2.04. The van der Waals surface area contributed by atoms with Crippen molar-refractivity contribution >= 4 is 29.0 Å². The van der Waals surface area contributed by atoms with Gasteiger partial charge in [0.05, 0.1) is 24.2 Å². The Kier molecular flexibility index (Phi) is 9.45. The summed E-state index contributed by atoms with van der Waals surface area (Å²) >= 11 is 0. The first kappa shape index (κ1) is 28.8. The van der Waals surface area contributed by atoms with Gasteiger partial charge in [-0.05, 0) is 62.4 Å². The van der Waals surface area contributed by atoms with Crippen molar-refractivity contribution in [3.8, 4) is 0 Å². The first-order valence-electron chi connectivity index (χ1n) is 13.9. The van der Waals surface area contributed by atoms with Gasteiger partial charge in [0.25, 0.3) is 0 Å². The molecule has 0 radical (unpaired) electrons. The number of ether oxygens (including phenoxy) is 2. The maximum absolute atomic E-state index is 13.0. The molecule has 1 aromatic heterocycles. The number of esters is 1. The van der Waals surface area contributed by atoms with E-state index in [0.717, 1.165) is 40.7 Å². The smallest absolute Gasteiger partial charge is 0.410 e. The number of cyclic esters (lactones) is 1. The number of rotatable bonds is 3. The van der Waals surface area contributed by atoms with Gasteiger partial charge in [-0.15, -0.1) is 0 Å². The number of carbonyl (C=O) groups excluding carboxylic acids is 2. The Bertz CT molecular complexity index is 1210. The molecule has 0 bridgehead atoms. The summed E-state index contributed by atoms with van der Waals surface area (Å²) in [6.07, 6.45) is 6.56. The number of nitrogens with zero attached hydrogens (tertiary/aromatic N) is 3. The van der Waals surface area contributed by atoms with E-state index in [9.17, 15) is 14.7 Å². The zero-order valence-electron chi connectivity index (χ0n) is 23.7. The molecule has 1 amide bonds. The topological polar surface area (TPSA) is 108 Å². The highest BCUT2D eigenvalue weighted by Gasteiger charge is 2.29. The number of piperazine rings is 1. The average Bonchev–Trinajstić information content (AvgIpc) is 3.40. The molecule has 2 aliphatic heterocycles. The number of hydrogen-bond acceptors (Lipinski definition) is 7. The van der Waals surface area contributed by atoms with Crippen LogP contribution in [0.15, 0.2) is 36.1 Å². The predicted molar refractivity (Wildman–Crippen MR) is 151 cm³/mol. The van der Waals surface area contributed by atoms with Crippen molar-refractivity contribution in [1.82, 2.24) is 20.0 Å². The van der Waals surface area contributed by atoms with Gasteiger partial charge < -0.3 is 24.4 Å². The normalized spacial score (nSPS) is 28.9. The first-order chi connectivity index (χ1) is 18.6. The average molecular weight is 539 g/mol. The molecule has 39 heavy (non-hydrogen) atoms. The number of amides is 1. The van der Waals surface area contributed by atoms with Gasteiger partial charge in [-0.25, -0.2) is 4.79 Å². The van der Waals surface area contributed by atoms with Gasteiger partial charge in [0.15, 0.2) is 0 Å². The largest absolute Gasteiger partial charge is 0.457 e. The summed E-state index contributed by atoms with van der Waals surface area (Å²) in [6.45, 7) is 10.9. The summed E-state index contributed by atoms with van der Waals surface area (Å²) in [6, 6.07) is 4.07. The molecule has 0 saturated carbocycles. The molecule has 0 spiro atoms. The predicted octanol–water partition coefficient (Wildman–Crippen LogP) is 4.31. The van der Waals surface area contributed by atoms with E-state index in [2.05, 4.69) is 15.1 Å². The van der Waals surface area contributed by atoms with Crippen LogP contribution >= 0.6 is 0 Å². The SMILES string of the molecule is C/C(=C\c1ccc(C)c2[nH]ncc12)[C@H]1OC(=O)C[C@H](O)CC[C@H](C)[C@H](OC(=O)N2CCN(C)CC2)/C=C/[C@@H]1C. The molecule has 9 nitrogen and oxygen atoms in total. The van der Waals surface area contributed by atoms with Gasteiger partial charge in [-0.1, -0.05) is 38.1 Å². The van der Waals surface area contributed by atoms with Crippen LogP contribution in [0.2, 0.25) is 0 Å². The van der Waals surface area contributed by atoms with E-state index >= 15 is 0 Å². The van der Waals surface area contributed by atoms with Crippen LogP contribution in [0.4, 0.5) is 4.79 Å². The Morgan fingerprint density at radius 2 is 1.92 bits per heavy atom. The monoisotopic (exact) mass is 538 g/mol. The lowest BCUT2D eigenvalue weighted by molar-refractivity contribution is -0.151. The number of nitrogens with one attached hydrogen (secondary N) is 1. The highest BCUT2D eigenvalue weighted by molar-refractivity contribution is 5.90. The molecule has 9 heteroatoms. The Balaban J connectivity index is 1.59. The number of aromatic amines is 1. The van der Waals surface area contributed by atoms with E-state index in [0.29, 0.717) is 25.9 Å². The van der Waals surface area contributed by atoms with Crippen molar-refractivity contribution in [3.05, 3.63) is 47.2 Å². The summed E-state index contributed by atoms with van der Waals surface area (Å²) in [5.74, 6) is -0.639. The van der Waals surface area contributed by atoms with E-state index in [4.69, 9.17) is 9.47 Å². The third kappa shape index (κ3) is 7.28. The number of fused-ring (bicyclic) bond motifs is 1. The third-order valence-electron chi connectivity index (χ3n) is 7.95. The first-order valence-corrected chi connectivity index (χ1v) is 13.9. The number of aliphatic hydroxyl groups is 1. The van der Waals surface area contributed by atoms with Crippen molar-refractivity contribution in [1.29, 1.82) is 0 Å². The Hall–Kier alpha value is -3.17. The number of hydrogen-bond donors (Lipinski definition) is 2. The maximum atomic E-state index is 13.0. The van der Waals surface area contributed by atoms with E-state index in [1.807, 2.05) is 65.1 Å². The zero-order valence-corrected chi connectivity index (χ0v) is 23.7.